The van der Waals surface area contributed by atoms with Crippen LogP contribution in [0.1, 0.15) is 30.6 Å². The van der Waals surface area contributed by atoms with E-state index in [1.165, 1.54) is 0 Å². The fraction of sp³-hybridized carbons (Fsp3) is 0.636. The number of aromatic nitrogens is 2. The molecule has 16 heavy (non-hydrogen) atoms. The average molecular weight is 288 g/mol. The molecule has 4 nitrogen and oxygen atoms in total. The van der Waals surface area contributed by atoms with Crippen LogP contribution in [0.2, 0.25) is 0 Å². The first-order valence-corrected chi connectivity index (χ1v) is 6.50. The molecular formula is C11H18BrN3O. The van der Waals surface area contributed by atoms with E-state index in [1.807, 2.05) is 0 Å². The Kier molecular flexibility index (Phi) is 4.99. The number of halogens is 1. The van der Waals surface area contributed by atoms with E-state index in [4.69, 9.17) is 0 Å². The highest BCUT2D eigenvalue weighted by Gasteiger charge is 2.14. The Morgan fingerprint density at radius 1 is 1.62 bits per heavy atom. The molecule has 1 atom stereocenters. The van der Waals surface area contributed by atoms with Gasteiger partial charge < -0.3 is 5.32 Å². The maximum absolute atomic E-state index is 11.8. The van der Waals surface area contributed by atoms with Crippen molar-refractivity contribution in [3.63, 3.8) is 0 Å². The van der Waals surface area contributed by atoms with Gasteiger partial charge in [-0.3, -0.25) is 9.48 Å². The molecule has 0 fully saturated rings. The van der Waals surface area contributed by atoms with E-state index < -0.39 is 0 Å². The molecule has 0 radical (unpaired) electrons. The highest BCUT2D eigenvalue weighted by atomic mass is 79.9. The summed E-state index contributed by atoms with van der Waals surface area (Å²) in [7, 11) is 1.80. The number of aryl methyl sites for hydroxylation is 1. The van der Waals surface area contributed by atoms with E-state index >= 15 is 0 Å². The van der Waals surface area contributed by atoms with Gasteiger partial charge in [0, 0.05) is 24.6 Å². The van der Waals surface area contributed by atoms with Crippen molar-refractivity contribution in [2.24, 2.45) is 13.0 Å². The largest absolute Gasteiger partial charge is 0.348 e. The molecule has 0 spiro atoms. The second kappa shape index (κ2) is 6.03. The van der Waals surface area contributed by atoms with E-state index in [0.717, 1.165) is 11.8 Å². The summed E-state index contributed by atoms with van der Waals surface area (Å²) in [5.74, 6) is 0.509. The Morgan fingerprint density at radius 2 is 2.31 bits per heavy atom. The third-order valence-electron chi connectivity index (χ3n) is 2.24. The molecule has 1 amide bonds. The number of hydrogen-bond acceptors (Lipinski definition) is 2. The molecule has 0 aliphatic rings. The summed E-state index contributed by atoms with van der Waals surface area (Å²) in [6.07, 6.45) is 4.27. The molecule has 1 aromatic heterocycles. The zero-order valence-corrected chi connectivity index (χ0v) is 11.5. The summed E-state index contributed by atoms with van der Waals surface area (Å²) in [5.41, 5.74) is 0.609. The van der Waals surface area contributed by atoms with Gasteiger partial charge in [0.05, 0.1) is 11.8 Å². The number of rotatable bonds is 5. The lowest BCUT2D eigenvalue weighted by Gasteiger charge is -2.17. The summed E-state index contributed by atoms with van der Waals surface area (Å²) in [6.45, 7) is 4.29. The van der Waals surface area contributed by atoms with Gasteiger partial charge in [-0.05, 0) is 12.3 Å². The molecule has 0 bridgehead atoms. The molecule has 1 aromatic rings. The Hall–Kier alpha value is -0.840. The molecule has 1 heterocycles. The Labute approximate surface area is 105 Å². The van der Waals surface area contributed by atoms with Crippen molar-refractivity contribution in [2.45, 2.75) is 26.3 Å². The summed E-state index contributed by atoms with van der Waals surface area (Å²) in [6, 6.07) is 0.174. The zero-order chi connectivity index (χ0) is 12.1. The van der Waals surface area contributed by atoms with E-state index in [9.17, 15) is 4.79 Å². The minimum Gasteiger partial charge on any atom is -0.348 e. The molecule has 0 aliphatic carbocycles. The third kappa shape index (κ3) is 3.96. The summed E-state index contributed by atoms with van der Waals surface area (Å²) in [5, 5.41) is 7.74. The van der Waals surface area contributed by atoms with E-state index in [1.54, 1.807) is 24.1 Å². The predicted molar refractivity (Wildman–Crippen MR) is 67.7 cm³/mol. The molecular weight excluding hydrogens is 270 g/mol. The van der Waals surface area contributed by atoms with Crippen molar-refractivity contribution in [3.05, 3.63) is 18.0 Å². The summed E-state index contributed by atoms with van der Waals surface area (Å²) < 4.78 is 1.63. The number of alkyl halides is 1. The molecule has 1 N–H and O–H groups in total. The van der Waals surface area contributed by atoms with Crippen molar-refractivity contribution in [1.29, 1.82) is 0 Å². The monoisotopic (exact) mass is 287 g/mol. The van der Waals surface area contributed by atoms with Gasteiger partial charge in [-0.15, -0.1) is 0 Å². The second-order valence-electron chi connectivity index (χ2n) is 4.36. The standard InChI is InChI=1S/C11H18BrN3O/c1-8(2)4-10(5-12)14-11(16)9-6-13-15(3)7-9/h6-8,10H,4-5H2,1-3H3,(H,14,16). The first-order chi connectivity index (χ1) is 7.52. The van der Waals surface area contributed by atoms with Gasteiger partial charge in [-0.25, -0.2) is 0 Å². The molecule has 1 unspecified atom stereocenters. The maximum atomic E-state index is 11.8. The van der Waals surface area contributed by atoms with Gasteiger partial charge in [0.15, 0.2) is 0 Å². The Morgan fingerprint density at radius 3 is 2.75 bits per heavy atom. The van der Waals surface area contributed by atoms with Crippen LogP contribution in [-0.4, -0.2) is 27.1 Å². The second-order valence-corrected chi connectivity index (χ2v) is 5.00. The first kappa shape index (κ1) is 13.2. The number of nitrogens with one attached hydrogen (secondary N) is 1. The van der Waals surface area contributed by atoms with Crippen molar-refractivity contribution >= 4 is 21.8 Å². The number of nitrogens with zero attached hydrogens (tertiary/aromatic N) is 2. The summed E-state index contributed by atoms with van der Waals surface area (Å²) in [4.78, 5) is 11.8. The average Bonchev–Trinajstić information content (AvgIpc) is 2.63. The molecule has 5 heteroatoms. The van der Waals surface area contributed by atoms with Gasteiger partial charge in [0.2, 0.25) is 0 Å². The third-order valence-corrected chi connectivity index (χ3v) is 3.03. The minimum absolute atomic E-state index is 0.0572. The van der Waals surface area contributed by atoms with Crippen LogP contribution >= 0.6 is 15.9 Å². The van der Waals surface area contributed by atoms with Crippen LogP contribution < -0.4 is 5.32 Å². The van der Waals surface area contributed by atoms with Crippen molar-refractivity contribution in [2.75, 3.05) is 5.33 Å². The van der Waals surface area contributed by atoms with Crippen LogP contribution in [0, 0.1) is 5.92 Å². The topological polar surface area (TPSA) is 46.9 Å². The fourth-order valence-corrected chi connectivity index (χ4v) is 1.96. The van der Waals surface area contributed by atoms with E-state index in [0.29, 0.717) is 11.5 Å². The minimum atomic E-state index is -0.0572. The molecule has 0 aliphatic heterocycles. The van der Waals surface area contributed by atoms with E-state index in [2.05, 4.69) is 40.2 Å². The normalized spacial score (nSPS) is 12.8. The quantitative estimate of drug-likeness (QED) is 0.842. The first-order valence-electron chi connectivity index (χ1n) is 5.38. The SMILES string of the molecule is CC(C)CC(CBr)NC(=O)c1cnn(C)c1. The lowest BCUT2D eigenvalue weighted by Crippen LogP contribution is -2.36. The fourth-order valence-electron chi connectivity index (χ4n) is 1.54. The molecule has 0 aromatic carbocycles. The number of carbonyl (C=O) groups excluding carboxylic acids is 1. The molecule has 0 saturated carbocycles. The predicted octanol–water partition coefficient (Wildman–Crippen LogP) is 1.96. The van der Waals surface area contributed by atoms with Gasteiger partial charge in [0.25, 0.3) is 5.91 Å². The molecule has 90 valence electrons. The summed E-state index contributed by atoms with van der Waals surface area (Å²) >= 11 is 3.42. The number of hydrogen-bond donors (Lipinski definition) is 1. The van der Waals surface area contributed by atoms with Crippen molar-refractivity contribution in [3.8, 4) is 0 Å². The molecule has 1 rings (SSSR count). The highest BCUT2D eigenvalue weighted by molar-refractivity contribution is 9.09. The van der Waals surface area contributed by atoms with Crippen LogP contribution in [0.3, 0.4) is 0 Å². The van der Waals surface area contributed by atoms with Gasteiger partial charge in [-0.1, -0.05) is 29.8 Å². The lowest BCUT2D eigenvalue weighted by atomic mass is 10.1. The Balaban J connectivity index is 2.55. The van der Waals surface area contributed by atoms with Crippen LogP contribution in [0.15, 0.2) is 12.4 Å². The van der Waals surface area contributed by atoms with Gasteiger partial charge >= 0.3 is 0 Å². The van der Waals surface area contributed by atoms with Crippen LogP contribution in [0.25, 0.3) is 0 Å². The molecule has 0 saturated heterocycles. The highest BCUT2D eigenvalue weighted by Crippen LogP contribution is 2.08. The number of amides is 1. The van der Waals surface area contributed by atoms with Gasteiger partial charge in [0.1, 0.15) is 0 Å². The maximum Gasteiger partial charge on any atom is 0.254 e. The smallest absolute Gasteiger partial charge is 0.254 e. The van der Waals surface area contributed by atoms with Crippen molar-refractivity contribution in [1.82, 2.24) is 15.1 Å². The zero-order valence-electron chi connectivity index (χ0n) is 9.90. The van der Waals surface area contributed by atoms with Crippen LogP contribution in [0.4, 0.5) is 0 Å². The van der Waals surface area contributed by atoms with Crippen LogP contribution in [0.5, 0.6) is 0 Å². The van der Waals surface area contributed by atoms with Gasteiger partial charge in [-0.2, -0.15) is 5.10 Å². The van der Waals surface area contributed by atoms with Crippen molar-refractivity contribution < 1.29 is 4.79 Å². The number of carbonyl (C=O) groups is 1. The van der Waals surface area contributed by atoms with E-state index in [-0.39, 0.29) is 11.9 Å². The Bertz CT molecular complexity index is 349. The van der Waals surface area contributed by atoms with Crippen LogP contribution in [-0.2, 0) is 7.05 Å². The lowest BCUT2D eigenvalue weighted by molar-refractivity contribution is 0.0937.